The summed E-state index contributed by atoms with van der Waals surface area (Å²) in [6, 6.07) is 10.2. The summed E-state index contributed by atoms with van der Waals surface area (Å²) in [6.07, 6.45) is 0. The molecule has 0 bridgehead atoms. The molecule has 0 spiro atoms. The maximum atomic E-state index is 13.2. The number of hydrogen-bond acceptors (Lipinski definition) is 6. The number of anilines is 2. The summed E-state index contributed by atoms with van der Waals surface area (Å²) in [6.45, 7) is 9.71. The molecule has 0 aromatic heterocycles. The van der Waals surface area contributed by atoms with Crippen molar-refractivity contribution >= 4 is 27.3 Å². The van der Waals surface area contributed by atoms with Crippen LogP contribution in [0.2, 0.25) is 0 Å². The van der Waals surface area contributed by atoms with E-state index in [9.17, 15) is 17.6 Å². The van der Waals surface area contributed by atoms with Crippen molar-refractivity contribution in [3.63, 3.8) is 0 Å². The van der Waals surface area contributed by atoms with Gasteiger partial charge in [-0.05, 0) is 56.3 Å². The summed E-state index contributed by atoms with van der Waals surface area (Å²) < 4.78 is 52.1. The van der Waals surface area contributed by atoms with E-state index in [0.717, 1.165) is 0 Å². The van der Waals surface area contributed by atoms with Gasteiger partial charge in [0, 0.05) is 26.2 Å². The molecule has 1 aliphatic rings. The van der Waals surface area contributed by atoms with Crippen molar-refractivity contribution in [2.24, 2.45) is 0 Å². The first-order chi connectivity index (χ1) is 16.1. The minimum atomic E-state index is -3.72. The van der Waals surface area contributed by atoms with Crippen molar-refractivity contribution in [1.82, 2.24) is 4.31 Å². The molecule has 0 aliphatic carbocycles. The highest BCUT2D eigenvalue weighted by atomic mass is 32.2. The molecule has 10 heteroatoms. The first-order valence-electron chi connectivity index (χ1n) is 11.3. The topological polar surface area (TPSA) is 88.2 Å². The molecule has 0 saturated carbocycles. The molecule has 1 amide bonds. The molecule has 1 saturated heterocycles. The SMILES string of the molecule is CCN(CC)S(=O)(=O)c1ccc(N2CCOCC2)c(NC(=O)C(C)(C)Oc2ccc(F)cc2)c1. The molecular formula is C24H32FN3O5S. The lowest BCUT2D eigenvalue weighted by Gasteiger charge is -2.32. The Kier molecular flexibility index (Phi) is 8.17. The van der Waals surface area contributed by atoms with E-state index in [1.807, 2.05) is 4.90 Å². The van der Waals surface area contributed by atoms with Crippen LogP contribution in [0.15, 0.2) is 47.4 Å². The number of carbonyl (C=O) groups is 1. The fourth-order valence-electron chi connectivity index (χ4n) is 3.68. The summed E-state index contributed by atoms with van der Waals surface area (Å²) in [5.41, 5.74) is -0.239. The molecule has 0 unspecified atom stereocenters. The second kappa shape index (κ2) is 10.7. The van der Waals surface area contributed by atoms with Crippen LogP contribution in [-0.4, -0.2) is 63.6 Å². The van der Waals surface area contributed by atoms with Gasteiger partial charge >= 0.3 is 0 Å². The van der Waals surface area contributed by atoms with E-state index in [-0.39, 0.29) is 4.90 Å². The number of carbonyl (C=O) groups excluding carboxylic acids is 1. The van der Waals surface area contributed by atoms with E-state index < -0.39 is 27.3 Å². The quantitative estimate of drug-likeness (QED) is 0.575. The standard InChI is InChI=1S/C24H32FN3O5S/c1-5-28(6-2)34(30,31)20-11-12-22(27-13-15-32-16-14-27)21(17-20)26-23(29)24(3,4)33-19-9-7-18(25)8-10-19/h7-12,17H,5-6,13-16H2,1-4H3,(H,26,29). The monoisotopic (exact) mass is 493 g/mol. The lowest BCUT2D eigenvalue weighted by Crippen LogP contribution is -2.43. The van der Waals surface area contributed by atoms with E-state index >= 15 is 0 Å². The van der Waals surface area contributed by atoms with Gasteiger partial charge in [0.2, 0.25) is 10.0 Å². The van der Waals surface area contributed by atoms with Gasteiger partial charge in [-0.1, -0.05) is 13.8 Å². The van der Waals surface area contributed by atoms with Gasteiger partial charge in [-0.25, -0.2) is 12.8 Å². The minimum Gasteiger partial charge on any atom is -0.478 e. The number of halogens is 1. The second-order valence-electron chi connectivity index (χ2n) is 8.39. The molecule has 2 aromatic carbocycles. The summed E-state index contributed by atoms with van der Waals surface area (Å²) in [5, 5.41) is 2.86. The third-order valence-corrected chi connectivity index (χ3v) is 7.69. The van der Waals surface area contributed by atoms with Crippen LogP contribution in [0, 0.1) is 5.82 Å². The number of morpholine rings is 1. The Labute approximate surface area is 200 Å². The van der Waals surface area contributed by atoms with Crippen LogP contribution in [0.4, 0.5) is 15.8 Å². The molecule has 1 N–H and O–H groups in total. The normalized spacial score (nSPS) is 14.8. The number of nitrogens with one attached hydrogen (secondary N) is 1. The Morgan fingerprint density at radius 2 is 1.74 bits per heavy atom. The molecule has 0 radical (unpaired) electrons. The van der Waals surface area contributed by atoms with Gasteiger partial charge in [-0.2, -0.15) is 4.31 Å². The average Bonchev–Trinajstić information content (AvgIpc) is 2.81. The van der Waals surface area contributed by atoms with E-state index in [1.165, 1.54) is 34.6 Å². The fourth-order valence-corrected chi connectivity index (χ4v) is 5.17. The highest BCUT2D eigenvalue weighted by molar-refractivity contribution is 7.89. The van der Waals surface area contributed by atoms with Gasteiger partial charge in [0.05, 0.1) is 29.5 Å². The summed E-state index contributed by atoms with van der Waals surface area (Å²) in [4.78, 5) is 15.4. The molecular weight excluding hydrogens is 461 g/mol. The van der Waals surface area contributed by atoms with Gasteiger partial charge in [0.15, 0.2) is 5.60 Å². The molecule has 1 aliphatic heterocycles. The van der Waals surface area contributed by atoms with Crippen LogP contribution >= 0.6 is 0 Å². The smallest absolute Gasteiger partial charge is 0.268 e. The molecule has 3 rings (SSSR count). The molecule has 1 fully saturated rings. The van der Waals surface area contributed by atoms with Crippen molar-refractivity contribution in [3.05, 3.63) is 48.3 Å². The number of amides is 1. The number of benzene rings is 2. The maximum absolute atomic E-state index is 13.2. The zero-order valence-electron chi connectivity index (χ0n) is 20.0. The molecule has 8 nitrogen and oxygen atoms in total. The van der Waals surface area contributed by atoms with Crippen LogP contribution in [0.3, 0.4) is 0 Å². The minimum absolute atomic E-state index is 0.0979. The number of nitrogens with zero attached hydrogens (tertiary/aromatic N) is 2. The second-order valence-corrected chi connectivity index (χ2v) is 10.3. The first kappa shape index (κ1) is 25.9. The van der Waals surface area contributed by atoms with Crippen molar-refractivity contribution in [3.8, 4) is 5.75 Å². The Bertz CT molecular complexity index is 1100. The van der Waals surface area contributed by atoms with Gasteiger partial charge < -0.3 is 19.7 Å². The fraction of sp³-hybridized carbons (Fsp3) is 0.458. The van der Waals surface area contributed by atoms with Crippen LogP contribution in [0.25, 0.3) is 0 Å². The zero-order valence-corrected chi connectivity index (χ0v) is 20.8. The van der Waals surface area contributed by atoms with Gasteiger partial charge in [-0.15, -0.1) is 0 Å². The molecule has 2 aromatic rings. The molecule has 186 valence electrons. The zero-order chi connectivity index (χ0) is 24.9. The Hall–Kier alpha value is -2.69. The van der Waals surface area contributed by atoms with Crippen molar-refractivity contribution < 1.29 is 27.1 Å². The molecule has 0 atom stereocenters. The predicted octanol–water partition coefficient (Wildman–Crippen LogP) is 3.49. The van der Waals surface area contributed by atoms with Crippen molar-refractivity contribution in [1.29, 1.82) is 0 Å². The number of rotatable bonds is 9. The van der Waals surface area contributed by atoms with Crippen molar-refractivity contribution in [2.75, 3.05) is 49.6 Å². The lowest BCUT2D eigenvalue weighted by atomic mass is 10.1. The summed E-state index contributed by atoms with van der Waals surface area (Å²) in [7, 11) is -3.72. The largest absolute Gasteiger partial charge is 0.478 e. The van der Waals surface area contributed by atoms with Gasteiger partial charge in [0.25, 0.3) is 5.91 Å². The van der Waals surface area contributed by atoms with E-state index in [4.69, 9.17) is 9.47 Å². The number of ether oxygens (including phenoxy) is 2. The van der Waals surface area contributed by atoms with Crippen LogP contribution in [-0.2, 0) is 19.6 Å². The molecule has 1 heterocycles. The first-order valence-corrected chi connectivity index (χ1v) is 12.8. The maximum Gasteiger partial charge on any atom is 0.268 e. The summed E-state index contributed by atoms with van der Waals surface area (Å²) in [5.74, 6) is -0.535. The molecule has 34 heavy (non-hydrogen) atoms. The van der Waals surface area contributed by atoms with Crippen LogP contribution in [0.5, 0.6) is 5.75 Å². The Morgan fingerprint density at radius 1 is 1.12 bits per heavy atom. The number of hydrogen-bond donors (Lipinski definition) is 1. The van der Waals surface area contributed by atoms with Gasteiger partial charge in [0.1, 0.15) is 11.6 Å². The lowest BCUT2D eigenvalue weighted by molar-refractivity contribution is -0.128. The predicted molar refractivity (Wildman–Crippen MR) is 129 cm³/mol. The third-order valence-electron chi connectivity index (χ3n) is 5.64. The average molecular weight is 494 g/mol. The Morgan fingerprint density at radius 3 is 2.32 bits per heavy atom. The van der Waals surface area contributed by atoms with Crippen LogP contribution in [0.1, 0.15) is 27.7 Å². The van der Waals surface area contributed by atoms with Gasteiger partial charge in [-0.3, -0.25) is 4.79 Å². The highest BCUT2D eigenvalue weighted by Gasteiger charge is 2.32. The van der Waals surface area contributed by atoms with Crippen LogP contribution < -0.4 is 15.0 Å². The van der Waals surface area contributed by atoms with E-state index in [0.29, 0.717) is 56.5 Å². The highest BCUT2D eigenvalue weighted by Crippen LogP contribution is 2.32. The third kappa shape index (κ3) is 5.86. The number of sulfonamides is 1. The summed E-state index contributed by atoms with van der Waals surface area (Å²) >= 11 is 0. The van der Waals surface area contributed by atoms with E-state index in [1.54, 1.807) is 39.8 Å². The van der Waals surface area contributed by atoms with Crippen molar-refractivity contribution in [2.45, 2.75) is 38.2 Å². The van der Waals surface area contributed by atoms with E-state index in [2.05, 4.69) is 5.32 Å². The Balaban J connectivity index is 1.94.